The van der Waals surface area contributed by atoms with Gasteiger partial charge >= 0.3 is 1.43 Å². The Hall–Kier alpha value is -1.36. The summed E-state index contributed by atoms with van der Waals surface area (Å²) < 4.78 is 30.0. The van der Waals surface area contributed by atoms with Gasteiger partial charge in [0.05, 0.1) is 52.9 Å². The summed E-state index contributed by atoms with van der Waals surface area (Å²) in [5, 5.41) is 258. The van der Waals surface area contributed by atoms with Crippen LogP contribution in [0.5, 0.6) is 0 Å². The lowest BCUT2D eigenvalue weighted by molar-refractivity contribution is -0.355. The van der Waals surface area contributed by atoms with Crippen LogP contribution >= 0.6 is 0 Å². The van der Waals surface area contributed by atoms with Crippen LogP contribution in [0.4, 0.5) is 0 Å². The highest BCUT2D eigenvalue weighted by atomic mass is 16.7. The minimum absolute atomic E-state index is 0. The lowest BCUT2D eigenvalue weighted by atomic mass is 9.97. The zero-order valence-electron chi connectivity index (χ0n) is 37.8. The van der Waals surface area contributed by atoms with Gasteiger partial charge in [0.2, 0.25) is 0 Å². The summed E-state index contributed by atoms with van der Waals surface area (Å²) in [5.41, 5.74) is 0. The predicted octanol–water partition coefficient (Wildman–Crippen LogP) is -17.6. The molecule has 70 heavy (non-hydrogen) atoms. The molecule has 0 aromatic heterocycles. The second-order valence-electron chi connectivity index (χ2n) is 16.0. The standard InChI is InChI=1S/C12H22O11.C12H24O11.C6H12O6.C6H14O6.H2/c13-1-3-5(15)6(16)9(19)12(22-3)23-10-4(2-14)21-11(20)8(18)7(10)17;13-1-4(16)7(18)11(5(17)2-14)23-12-10(21)9(20)8(19)6(3-15)22-12;7-1-2-3(8)4(9)5(10)6(11)12-2;7-1-3(9)5(11)6(12)4(10)2-8;/h3-20H,1-2H2;4-21H,1-3H2;2-11H,1H2;3-12H,1-2H2;1H/p+1. The quantitative estimate of drug-likeness (QED) is 0.0606. The molecule has 0 amide bonds. The monoisotopic (exact) mass is 1050 g/mol. The van der Waals surface area contributed by atoms with Gasteiger partial charge in [0.1, 0.15) is 146 Å². The average molecular weight is 1050 g/mol. The molecule has 28 unspecified atom stereocenters. The molecule has 0 spiro atoms. The Morgan fingerprint density at radius 2 is 0.657 bits per heavy atom. The maximum absolute atomic E-state index is 9.94. The third-order valence-electron chi connectivity index (χ3n) is 11.0. The van der Waals surface area contributed by atoms with Crippen molar-refractivity contribution < 1.29 is 174 Å². The summed E-state index contributed by atoms with van der Waals surface area (Å²) in [6, 6.07) is 0. The van der Waals surface area contributed by atoms with Crippen LogP contribution in [0.2, 0.25) is 0 Å². The van der Waals surface area contributed by atoms with E-state index in [1.54, 1.807) is 0 Å². The molecule has 4 fully saturated rings. The molecule has 28 N–H and O–H groups in total. The Kier molecular flexibility index (Phi) is 30.6. The maximum Gasteiger partial charge on any atom is 1.00 e. The Morgan fingerprint density at radius 3 is 1.04 bits per heavy atom. The molecule has 4 heterocycles. The Balaban J connectivity index is 0. The van der Waals surface area contributed by atoms with Crippen molar-refractivity contribution >= 4 is 0 Å². The van der Waals surface area contributed by atoms with Crippen molar-refractivity contribution in [3.63, 3.8) is 0 Å². The molecule has 0 saturated carbocycles. The van der Waals surface area contributed by atoms with Crippen LogP contribution in [0.3, 0.4) is 0 Å². The predicted molar refractivity (Wildman–Crippen MR) is 217 cm³/mol. The van der Waals surface area contributed by atoms with Gasteiger partial charge in [-0.25, -0.2) is 0 Å². The van der Waals surface area contributed by atoms with Gasteiger partial charge in [0.15, 0.2) is 25.2 Å². The van der Waals surface area contributed by atoms with Gasteiger partial charge in [0, 0.05) is 1.43 Å². The van der Waals surface area contributed by atoms with Crippen molar-refractivity contribution in [2.45, 2.75) is 172 Å². The van der Waals surface area contributed by atoms with E-state index in [2.05, 4.69) is 4.74 Å². The van der Waals surface area contributed by atoms with Gasteiger partial charge in [0.25, 0.3) is 0 Å². The van der Waals surface area contributed by atoms with Crippen molar-refractivity contribution in [2.24, 2.45) is 0 Å². The summed E-state index contributed by atoms with van der Waals surface area (Å²) in [7, 11) is 0. The molecular weight excluding hydrogens is 976 g/mol. The zero-order chi connectivity index (χ0) is 54.1. The molecule has 0 bridgehead atoms. The molecule has 4 rings (SSSR count). The van der Waals surface area contributed by atoms with E-state index >= 15 is 0 Å². The first-order chi connectivity index (χ1) is 32.7. The van der Waals surface area contributed by atoms with E-state index in [-0.39, 0.29) is 2.85 Å². The van der Waals surface area contributed by atoms with Crippen LogP contribution in [0.1, 0.15) is 2.85 Å². The van der Waals surface area contributed by atoms with Gasteiger partial charge in [-0.2, -0.15) is 0 Å². The third-order valence-corrected chi connectivity index (χ3v) is 11.0. The van der Waals surface area contributed by atoms with E-state index in [9.17, 15) is 66.4 Å². The number of ether oxygens (including phenoxy) is 6. The molecule has 0 aliphatic carbocycles. The summed E-state index contributed by atoms with van der Waals surface area (Å²) in [6.07, 6.45) is -44.1. The SMILES string of the molecule is OCC(O)C(O)C(O)C(O)CO.OCC(O)C(O)C(OC1OC(CO)C(O)C(O)C1O)C(O)CO.OCC1OC(O)C(O)C(O)C1O.OCC1OC(OC2C(CO)OC(O)C(O)C2O)C(O)C(O)C1O.[H+].[HH]. The molecule has 0 radical (unpaired) electrons. The van der Waals surface area contributed by atoms with Crippen LogP contribution in [0, 0.1) is 0 Å². The molecule has 4 aliphatic heterocycles. The molecule has 34 heteroatoms. The van der Waals surface area contributed by atoms with E-state index in [0.29, 0.717) is 0 Å². The van der Waals surface area contributed by atoms with Gasteiger partial charge in [-0.05, 0) is 0 Å². The first-order valence-corrected chi connectivity index (χ1v) is 21.1. The fraction of sp³-hybridized carbons (Fsp3) is 1.00. The van der Waals surface area contributed by atoms with Crippen molar-refractivity contribution in [1.82, 2.24) is 0 Å². The van der Waals surface area contributed by atoms with E-state index in [1.165, 1.54) is 0 Å². The lowest BCUT2D eigenvalue weighted by Crippen LogP contribution is -2.64. The van der Waals surface area contributed by atoms with Crippen molar-refractivity contribution in [2.75, 3.05) is 52.9 Å². The summed E-state index contributed by atoms with van der Waals surface area (Å²) in [6.45, 7) is -5.78. The zero-order valence-corrected chi connectivity index (χ0v) is 36.8. The van der Waals surface area contributed by atoms with E-state index in [1.807, 2.05) is 0 Å². The Morgan fingerprint density at radius 1 is 0.343 bits per heavy atom. The number of hydrogen-bond acceptors (Lipinski definition) is 34. The first-order valence-electron chi connectivity index (χ1n) is 21.1. The first kappa shape index (κ1) is 66.7. The Labute approximate surface area is 398 Å². The maximum atomic E-state index is 9.94. The molecule has 0 aromatic carbocycles. The number of rotatable bonds is 18. The normalized spacial score (nSPS) is 41.3. The Bertz CT molecular complexity index is 1310. The molecule has 0 aromatic rings. The highest BCUT2D eigenvalue weighted by Gasteiger charge is 2.51. The minimum Gasteiger partial charge on any atom is -0.394 e. The van der Waals surface area contributed by atoms with Crippen LogP contribution in [0.25, 0.3) is 0 Å². The fourth-order valence-electron chi connectivity index (χ4n) is 6.49. The highest BCUT2D eigenvalue weighted by molar-refractivity contribution is 4.95. The summed E-state index contributed by atoms with van der Waals surface area (Å²) >= 11 is 0. The number of aliphatic hydroxyl groups is 28. The average Bonchev–Trinajstić information content (AvgIpc) is 3.36. The number of hydrogen-bond donors (Lipinski definition) is 28. The minimum atomic E-state index is -1.85. The van der Waals surface area contributed by atoms with Crippen molar-refractivity contribution in [3.05, 3.63) is 0 Å². The molecule has 4 saturated heterocycles. The van der Waals surface area contributed by atoms with Gasteiger partial charge in [-0.3, -0.25) is 0 Å². The molecule has 422 valence electrons. The topological polar surface area (TPSA) is 622 Å². The van der Waals surface area contributed by atoms with E-state index in [0.717, 1.165) is 0 Å². The van der Waals surface area contributed by atoms with E-state index in [4.69, 9.17) is 100 Å². The second kappa shape index (κ2) is 32.2. The lowest BCUT2D eigenvalue weighted by Gasteiger charge is -2.45. The third kappa shape index (κ3) is 17.9. The smallest absolute Gasteiger partial charge is 0.394 e. The highest BCUT2D eigenvalue weighted by Crippen LogP contribution is 2.29. The van der Waals surface area contributed by atoms with Crippen LogP contribution in [-0.2, 0) is 28.4 Å². The van der Waals surface area contributed by atoms with Crippen LogP contribution < -0.4 is 0 Å². The molecular formula is C36H75O34+. The van der Waals surface area contributed by atoms with E-state index < -0.39 is 225 Å². The van der Waals surface area contributed by atoms with Crippen LogP contribution in [0.15, 0.2) is 0 Å². The summed E-state index contributed by atoms with van der Waals surface area (Å²) in [5.74, 6) is 0. The van der Waals surface area contributed by atoms with Gasteiger partial charge < -0.3 is 171 Å². The fourth-order valence-corrected chi connectivity index (χ4v) is 6.49. The van der Waals surface area contributed by atoms with Crippen LogP contribution in [-0.4, -0.2) is 367 Å². The van der Waals surface area contributed by atoms with Gasteiger partial charge in [-0.15, -0.1) is 0 Å². The van der Waals surface area contributed by atoms with Crippen molar-refractivity contribution in [3.8, 4) is 0 Å². The second-order valence-corrected chi connectivity index (χ2v) is 16.0. The summed E-state index contributed by atoms with van der Waals surface area (Å²) in [4.78, 5) is 0. The number of aliphatic hydroxyl groups excluding tert-OH is 28. The largest absolute Gasteiger partial charge is 1.00 e. The molecule has 4 aliphatic rings. The molecule has 28 atom stereocenters. The molecule has 34 nitrogen and oxygen atoms in total. The van der Waals surface area contributed by atoms with Crippen molar-refractivity contribution in [1.29, 1.82) is 0 Å². The van der Waals surface area contributed by atoms with Gasteiger partial charge in [-0.1, -0.05) is 0 Å².